The number of aromatic carboxylic acids is 1. The summed E-state index contributed by atoms with van der Waals surface area (Å²) in [5, 5.41) is 8.73. The lowest BCUT2D eigenvalue weighted by atomic mass is 10.1. The topological polar surface area (TPSA) is 75.8 Å². The highest BCUT2D eigenvalue weighted by molar-refractivity contribution is 5.85. The van der Waals surface area contributed by atoms with E-state index in [0.717, 1.165) is 25.6 Å². The molecule has 0 aromatic carbocycles. The Balaban J connectivity index is 2.08. The first-order chi connectivity index (χ1) is 7.70. The minimum Gasteiger partial charge on any atom is -0.476 e. The molecule has 1 fully saturated rings. The van der Waals surface area contributed by atoms with Gasteiger partial charge in [0.05, 0.1) is 6.10 Å². The summed E-state index contributed by atoms with van der Waals surface area (Å²) in [7, 11) is 1.67. The Labute approximate surface area is 92.8 Å². The van der Waals surface area contributed by atoms with Crippen LogP contribution in [0.25, 0.3) is 0 Å². The first-order valence-corrected chi connectivity index (χ1v) is 5.17. The van der Waals surface area contributed by atoms with Crippen molar-refractivity contribution in [1.82, 2.24) is 4.98 Å². The van der Waals surface area contributed by atoms with E-state index in [9.17, 15) is 4.79 Å². The van der Waals surface area contributed by atoms with Crippen molar-refractivity contribution in [2.24, 2.45) is 0 Å². The van der Waals surface area contributed by atoms with Crippen LogP contribution in [0.3, 0.4) is 0 Å². The maximum absolute atomic E-state index is 10.7. The quantitative estimate of drug-likeness (QED) is 0.828. The maximum atomic E-state index is 10.7. The Morgan fingerprint density at radius 1 is 1.75 bits per heavy atom. The van der Waals surface area contributed by atoms with E-state index in [1.165, 1.54) is 0 Å². The molecule has 6 nitrogen and oxygen atoms in total. The van der Waals surface area contributed by atoms with Crippen LogP contribution >= 0.6 is 0 Å². The molecular weight excluding hydrogens is 212 g/mol. The van der Waals surface area contributed by atoms with Gasteiger partial charge in [-0.05, 0) is 12.8 Å². The molecule has 88 valence electrons. The third kappa shape index (κ3) is 2.16. The zero-order valence-electron chi connectivity index (χ0n) is 9.05. The van der Waals surface area contributed by atoms with Gasteiger partial charge < -0.3 is 19.2 Å². The maximum Gasteiger partial charge on any atom is 0.357 e. The second kappa shape index (κ2) is 4.52. The lowest BCUT2D eigenvalue weighted by molar-refractivity contribution is 0.0690. The van der Waals surface area contributed by atoms with Crippen molar-refractivity contribution in [2.45, 2.75) is 18.9 Å². The van der Waals surface area contributed by atoms with Crippen molar-refractivity contribution in [3.8, 4) is 0 Å². The average molecular weight is 226 g/mol. The summed E-state index contributed by atoms with van der Waals surface area (Å²) in [4.78, 5) is 16.5. The van der Waals surface area contributed by atoms with Gasteiger partial charge in [0.25, 0.3) is 6.01 Å². The number of aromatic nitrogens is 1. The predicted molar refractivity (Wildman–Crippen MR) is 55.7 cm³/mol. The van der Waals surface area contributed by atoms with Crippen LogP contribution < -0.4 is 4.90 Å². The number of anilines is 1. The molecule has 1 unspecified atom stereocenters. The summed E-state index contributed by atoms with van der Waals surface area (Å²) < 4.78 is 10.4. The summed E-state index contributed by atoms with van der Waals surface area (Å²) in [6.07, 6.45) is 3.32. The molecule has 0 radical (unpaired) electrons. The van der Waals surface area contributed by atoms with Gasteiger partial charge in [-0.15, -0.1) is 0 Å². The Morgan fingerprint density at radius 2 is 2.56 bits per heavy atom. The number of nitrogens with zero attached hydrogens (tertiary/aromatic N) is 2. The van der Waals surface area contributed by atoms with Crippen LogP contribution in [0.5, 0.6) is 0 Å². The van der Waals surface area contributed by atoms with Crippen molar-refractivity contribution < 1.29 is 19.1 Å². The van der Waals surface area contributed by atoms with E-state index in [1.54, 1.807) is 7.11 Å². The third-order valence-corrected chi connectivity index (χ3v) is 2.69. The normalized spacial score (nSPS) is 21.1. The predicted octanol–water partition coefficient (Wildman–Crippen LogP) is 0.988. The zero-order valence-corrected chi connectivity index (χ0v) is 9.05. The summed E-state index contributed by atoms with van der Waals surface area (Å²) in [5.74, 6) is -1.07. The van der Waals surface area contributed by atoms with Gasteiger partial charge in [0.15, 0.2) is 5.69 Å². The van der Waals surface area contributed by atoms with Gasteiger partial charge in [-0.3, -0.25) is 0 Å². The molecule has 16 heavy (non-hydrogen) atoms. The molecule has 1 N–H and O–H groups in total. The minimum atomic E-state index is -1.07. The van der Waals surface area contributed by atoms with E-state index in [1.807, 2.05) is 4.90 Å². The molecule has 1 saturated heterocycles. The molecule has 2 heterocycles. The number of ether oxygens (including phenoxy) is 1. The highest BCUT2D eigenvalue weighted by Crippen LogP contribution is 2.20. The monoisotopic (exact) mass is 226 g/mol. The SMILES string of the molecule is COC1CCCN(c2nc(C(=O)O)co2)C1. The van der Waals surface area contributed by atoms with E-state index in [-0.39, 0.29) is 11.8 Å². The molecule has 1 aromatic heterocycles. The van der Waals surface area contributed by atoms with E-state index >= 15 is 0 Å². The molecule has 0 spiro atoms. The zero-order chi connectivity index (χ0) is 11.5. The second-order valence-corrected chi connectivity index (χ2v) is 3.77. The Bertz CT molecular complexity index is 377. The molecule has 0 bridgehead atoms. The summed E-state index contributed by atoms with van der Waals surface area (Å²) >= 11 is 0. The molecule has 0 saturated carbocycles. The van der Waals surface area contributed by atoms with Crippen molar-refractivity contribution >= 4 is 12.0 Å². The lowest BCUT2D eigenvalue weighted by Gasteiger charge is -2.30. The van der Waals surface area contributed by atoms with Gasteiger partial charge in [-0.25, -0.2) is 4.79 Å². The van der Waals surface area contributed by atoms with E-state index in [2.05, 4.69) is 4.98 Å². The lowest BCUT2D eigenvalue weighted by Crippen LogP contribution is -2.39. The van der Waals surface area contributed by atoms with Crippen molar-refractivity contribution in [2.75, 3.05) is 25.1 Å². The van der Waals surface area contributed by atoms with Gasteiger partial charge in [-0.1, -0.05) is 0 Å². The molecule has 2 rings (SSSR count). The molecular formula is C10H14N2O4. The fourth-order valence-corrected chi connectivity index (χ4v) is 1.81. The van der Waals surface area contributed by atoms with Gasteiger partial charge >= 0.3 is 5.97 Å². The van der Waals surface area contributed by atoms with E-state index < -0.39 is 5.97 Å². The van der Waals surface area contributed by atoms with Crippen LogP contribution in [0.15, 0.2) is 10.7 Å². The van der Waals surface area contributed by atoms with Gasteiger partial charge in [0.1, 0.15) is 6.26 Å². The second-order valence-electron chi connectivity index (χ2n) is 3.77. The first-order valence-electron chi connectivity index (χ1n) is 5.17. The standard InChI is InChI=1S/C10H14N2O4/c1-15-7-3-2-4-12(5-7)10-11-8(6-16-10)9(13)14/h6-7H,2-5H2,1H3,(H,13,14). The number of piperidine rings is 1. The van der Waals surface area contributed by atoms with E-state index in [4.69, 9.17) is 14.3 Å². The molecule has 1 atom stereocenters. The largest absolute Gasteiger partial charge is 0.476 e. The fraction of sp³-hybridized carbons (Fsp3) is 0.600. The molecule has 1 aliphatic rings. The number of hydrogen-bond donors (Lipinski definition) is 1. The smallest absolute Gasteiger partial charge is 0.357 e. The molecule has 0 aliphatic carbocycles. The van der Waals surface area contributed by atoms with Crippen LogP contribution in [-0.4, -0.2) is 42.4 Å². The van der Waals surface area contributed by atoms with Crippen molar-refractivity contribution in [1.29, 1.82) is 0 Å². The molecule has 6 heteroatoms. The van der Waals surface area contributed by atoms with Crippen LogP contribution in [0, 0.1) is 0 Å². The number of rotatable bonds is 3. The van der Waals surface area contributed by atoms with Crippen LogP contribution in [0.1, 0.15) is 23.3 Å². The number of hydrogen-bond acceptors (Lipinski definition) is 5. The van der Waals surface area contributed by atoms with Crippen LogP contribution in [0.2, 0.25) is 0 Å². The Morgan fingerprint density at radius 3 is 3.19 bits per heavy atom. The summed E-state index contributed by atoms with van der Waals surface area (Å²) in [5.41, 5.74) is -0.0606. The number of carboxylic acids is 1. The van der Waals surface area contributed by atoms with Gasteiger partial charge in [0, 0.05) is 20.2 Å². The highest BCUT2D eigenvalue weighted by atomic mass is 16.5. The first kappa shape index (κ1) is 10.9. The van der Waals surface area contributed by atoms with Crippen LogP contribution in [0.4, 0.5) is 6.01 Å². The third-order valence-electron chi connectivity index (χ3n) is 2.69. The number of carbonyl (C=O) groups is 1. The Hall–Kier alpha value is -1.56. The average Bonchev–Trinajstić information content (AvgIpc) is 2.78. The summed E-state index contributed by atoms with van der Waals surface area (Å²) in [6, 6.07) is 0.360. The number of oxazole rings is 1. The fourth-order valence-electron chi connectivity index (χ4n) is 1.81. The highest BCUT2D eigenvalue weighted by Gasteiger charge is 2.23. The molecule has 1 aromatic rings. The van der Waals surface area contributed by atoms with Gasteiger partial charge in [-0.2, -0.15) is 4.98 Å². The van der Waals surface area contributed by atoms with Gasteiger partial charge in [0.2, 0.25) is 0 Å². The number of carboxylic acid groups (broad SMARTS) is 1. The van der Waals surface area contributed by atoms with Crippen LogP contribution in [-0.2, 0) is 4.74 Å². The summed E-state index contributed by atoms with van der Waals surface area (Å²) in [6.45, 7) is 1.51. The molecule has 1 aliphatic heterocycles. The molecule has 0 amide bonds. The Kier molecular flexibility index (Phi) is 3.09. The number of methoxy groups -OCH3 is 1. The van der Waals surface area contributed by atoms with Crippen molar-refractivity contribution in [3.05, 3.63) is 12.0 Å². The van der Waals surface area contributed by atoms with Crippen molar-refractivity contribution in [3.63, 3.8) is 0 Å². The van der Waals surface area contributed by atoms with E-state index in [0.29, 0.717) is 12.6 Å². The minimum absolute atomic E-state index is 0.0606.